The molecule has 100 valence electrons. The molecule has 4 heteroatoms. The van der Waals surface area contributed by atoms with E-state index in [0.29, 0.717) is 18.2 Å². The van der Waals surface area contributed by atoms with Crippen LogP contribution in [-0.2, 0) is 6.42 Å². The second kappa shape index (κ2) is 7.21. The van der Waals surface area contributed by atoms with Gasteiger partial charge >= 0.3 is 0 Å². The van der Waals surface area contributed by atoms with E-state index in [4.69, 9.17) is 27.4 Å². The number of hydrogen-bond donors (Lipinski definition) is 1. The predicted octanol–water partition coefficient (Wildman–Crippen LogP) is 2.95. The molecule has 1 unspecified atom stereocenters. The van der Waals surface area contributed by atoms with Crippen molar-refractivity contribution in [3.63, 3.8) is 0 Å². The van der Waals surface area contributed by atoms with Crippen LogP contribution >= 0.6 is 12.2 Å². The summed E-state index contributed by atoms with van der Waals surface area (Å²) in [6, 6.07) is 5.97. The standard InChI is InChI=1S/C14H21NO2S/c1-4-16-12-7-6-11(8-10(3)14(15)18)9-13(12)17-5-2/h6-7,9-10H,4-5,8H2,1-3H3,(H2,15,18). The van der Waals surface area contributed by atoms with E-state index in [2.05, 4.69) is 0 Å². The number of rotatable bonds is 7. The molecule has 18 heavy (non-hydrogen) atoms. The van der Waals surface area contributed by atoms with Gasteiger partial charge in [0.25, 0.3) is 0 Å². The third-order valence-electron chi connectivity index (χ3n) is 2.64. The van der Waals surface area contributed by atoms with Gasteiger partial charge < -0.3 is 15.2 Å². The highest BCUT2D eigenvalue weighted by Crippen LogP contribution is 2.29. The van der Waals surface area contributed by atoms with Crippen molar-refractivity contribution in [3.05, 3.63) is 23.8 Å². The van der Waals surface area contributed by atoms with E-state index < -0.39 is 0 Å². The van der Waals surface area contributed by atoms with Crippen LogP contribution in [0.5, 0.6) is 11.5 Å². The quantitative estimate of drug-likeness (QED) is 0.771. The van der Waals surface area contributed by atoms with Crippen LogP contribution in [0.1, 0.15) is 26.3 Å². The van der Waals surface area contributed by atoms with Crippen molar-refractivity contribution in [2.45, 2.75) is 27.2 Å². The summed E-state index contributed by atoms with van der Waals surface area (Å²) in [5.41, 5.74) is 6.79. The molecule has 1 aromatic carbocycles. The van der Waals surface area contributed by atoms with Crippen LogP contribution in [0.4, 0.5) is 0 Å². The molecule has 0 amide bonds. The van der Waals surface area contributed by atoms with Crippen molar-refractivity contribution in [2.75, 3.05) is 13.2 Å². The summed E-state index contributed by atoms with van der Waals surface area (Å²) in [7, 11) is 0. The van der Waals surface area contributed by atoms with Crippen LogP contribution in [0.15, 0.2) is 18.2 Å². The van der Waals surface area contributed by atoms with E-state index in [0.717, 1.165) is 23.5 Å². The van der Waals surface area contributed by atoms with Gasteiger partial charge in [-0.15, -0.1) is 0 Å². The van der Waals surface area contributed by atoms with Gasteiger partial charge in [-0.25, -0.2) is 0 Å². The molecule has 3 nitrogen and oxygen atoms in total. The van der Waals surface area contributed by atoms with Crippen molar-refractivity contribution >= 4 is 17.2 Å². The molecule has 1 rings (SSSR count). The van der Waals surface area contributed by atoms with E-state index >= 15 is 0 Å². The molecule has 2 N–H and O–H groups in total. The van der Waals surface area contributed by atoms with Crippen molar-refractivity contribution in [3.8, 4) is 11.5 Å². The third-order valence-corrected chi connectivity index (χ3v) is 3.04. The van der Waals surface area contributed by atoms with Crippen molar-refractivity contribution in [2.24, 2.45) is 11.7 Å². The first-order chi connectivity index (χ1) is 8.58. The molecule has 1 aromatic rings. The molecule has 0 bridgehead atoms. The van der Waals surface area contributed by atoms with Gasteiger partial charge in [0.1, 0.15) is 0 Å². The fourth-order valence-corrected chi connectivity index (χ4v) is 1.76. The Morgan fingerprint density at radius 2 is 1.83 bits per heavy atom. The molecule has 0 radical (unpaired) electrons. The highest BCUT2D eigenvalue weighted by atomic mass is 32.1. The fraction of sp³-hybridized carbons (Fsp3) is 0.500. The highest BCUT2D eigenvalue weighted by molar-refractivity contribution is 7.80. The Balaban J connectivity index is 2.88. The zero-order valence-electron chi connectivity index (χ0n) is 11.2. The first-order valence-electron chi connectivity index (χ1n) is 6.26. The number of thiocarbonyl (C=S) groups is 1. The lowest BCUT2D eigenvalue weighted by atomic mass is 10.0. The van der Waals surface area contributed by atoms with Crippen molar-refractivity contribution in [1.82, 2.24) is 0 Å². The van der Waals surface area contributed by atoms with E-state index in [1.54, 1.807) is 0 Å². The zero-order chi connectivity index (χ0) is 13.5. The summed E-state index contributed by atoms with van der Waals surface area (Å²) in [5, 5.41) is 0. The maximum absolute atomic E-state index is 5.63. The number of benzene rings is 1. The van der Waals surface area contributed by atoms with Gasteiger partial charge in [0.2, 0.25) is 0 Å². The second-order valence-electron chi connectivity index (χ2n) is 4.15. The van der Waals surface area contributed by atoms with E-state index in [9.17, 15) is 0 Å². The summed E-state index contributed by atoms with van der Waals surface area (Å²) in [4.78, 5) is 0.543. The first-order valence-corrected chi connectivity index (χ1v) is 6.67. The van der Waals surface area contributed by atoms with Crippen LogP contribution in [0.25, 0.3) is 0 Å². The first kappa shape index (κ1) is 14.8. The summed E-state index contributed by atoms with van der Waals surface area (Å²) in [6.07, 6.45) is 0.821. The maximum atomic E-state index is 5.63. The largest absolute Gasteiger partial charge is 0.490 e. The molecule has 0 saturated carbocycles. The van der Waals surface area contributed by atoms with Gasteiger partial charge in [0.15, 0.2) is 11.5 Å². The number of nitrogens with two attached hydrogens (primary N) is 1. The van der Waals surface area contributed by atoms with E-state index in [-0.39, 0.29) is 5.92 Å². The Bertz CT molecular complexity index is 407. The SMILES string of the molecule is CCOc1ccc(CC(C)C(N)=S)cc1OCC. The van der Waals surface area contributed by atoms with Crippen LogP contribution in [0.2, 0.25) is 0 Å². The molecule has 0 heterocycles. The van der Waals surface area contributed by atoms with Crippen molar-refractivity contribution in [1.29, 1.82) is 0 Å². The lowest BCUT2D eigenvalue weighted by Crippen LogP contribution is -2.20. The van der Waals surface area contributed by atoms with Gasteiger partial charge in [-0.2, -0.15) is 0 Å². The summed E-state index contributed by atoms with van der Waals surface area (Å²) < 4.78 is 11.1. The second-order valence-corrected chi connectivity index (χ2v) is 4.63. The van der Waals surface area contributed by atoms with Gasteiger partial charge in [0, 0.05) is 5.92 Å². The molecule has 0 fully saturated rings. The van der Waals surface area contributed by atoms with E-state index in [1.165, 1.54) is 0 Å². The monoisotopic (exact) mass is 267 g/mol. The smallest absolute Gasteiger partial charge is 0.161 e. The molecule has 0 aliphatic carbocycles. The molecule has 1 atom stereocenters. The Morgan fingerprint density at radius 1 is 1.22 bits per heavy atom. The molecule has 0 spiro atoms. The molecule has 0 saturated heterocycles. The maximum Gasteiger partial charge on any atom is 0.161 e. The Morgan fingerprint density at radius 3 is 2.39 bits per heavy atom. The molecule has 0 aliphatic rings. The fourth-order valence-electron chi connectivity index (χ4n) is 1.68. The summed E-state index contributed by atoms with van der Waals surface area (Å²) in [5.74, 6) is 1.76. The van der Waals surface area contributed by atoms with Crippen LogP contribution in [-0.4, -0.2) is 18.2 Å². The predicted molar refractivity (Wildman–Crippen MR) is 78.4 cm³/mol. The van der Waals surface area contributed by atoms with Crippen LogP contribution in [0.3, 0.4) is 0 Å². The van der Waals surface area contributed by atoms with Gasteiger partial charge in [-0.3, -0.25) is 0 Å². The lowest BCUT2D eigenvalue weighted by Gasteiger charge is -2.14. The molecular formula is C14H21NO2S. The minimum Gasteiger partial charge on any atom is -0.490 e. The average Bonchev–Trinajstić information content (AvgIpc) is 2.33. The zero-order valence-corrected chi connectivity index (χ0v) is 12.0. The summed E-state index contributed by atoms with van der Waals surface area (Å²) in [6.45, 7) is 7.19. The summed E-state index contributed by atoms with van der Waals surface area (Å²) >= 11 is 4.99. The lowest BCUT2D eigenvalue weighted by molar-refractivity contribution is 0.287. The average molecular weight is 267 g/mol. The molecule has 0 aliphatic heterocycles. The van der Waals surface area contributed by atoms with Gasteiger partial charge in [-0.1, -0.05) is 25.2 Å². The third kappa shape index (κ3) is 4.18. The topological polar surface area (TPSA) is 44.5 Å². The Hall–Kier alpha value is -1.29. The Labute approximate surface area is 114 Å². The van der Waals surface area contributed by atoms with Crippen molar-refractivity contribution < 1.29 is 9.47 Å². The van der Waals surface area contributed by atoms with E-state index in [1.807, 2.05) is 39.0 Å². The Kier molecular flexibility index (Phi) is 5.92. The van der Waals surface area contributed by atoms with Crippen LogP contribution < -0.4 is 15.2 Å². The molecular weight excluding hydrogens is 246 g/mol. The number of ether oxygens (including phenoxy) is 2. The van der Waals surface area contributed by atoms with Crippen LogP contribution in [0, 0.1) is 5.92 Å². The highest BCUT2D eigenvalue weighted by Gasteiger charge is 2.10. The normalized spacial score (nSPS) is 11.9. The molecule has 0 aromatic heterocycles. The minimum atomic E-state index is 0.187. The number of hydrogen-bond acceptors (Lipinski definition) is 3. The minimum absolute atomic E-state index is 0.187. The van der Waals surface area contributed by atoms with Gasteiger partial charge in [0.05, 0.1) is 18.2 Å². The van der Waals surface area contributed by atoms with Gasteiger partial charge in [-0.05, 0) is 38.0 Å².